The van der Waals surface area contributed by atoms with E-state index in [2.05, 4.69) is 4.90 Å². The fraction of sp³-hybridized carbons (Fsp3) is 0.750. The number of piperidine rings is 1. The maximum Gasteiger partial charge on any atom is 0.227 e. The highest BCUT2D eigenvalue weighted by Crippen LogP contribution is 2.27. The number of morpholine rings is 1. The summed E-state index contributed by atoms with van der Waals surface area (Å²) in [6.45, 7) is 13.5. The average molecular weight is 348 g/mol. The molecule has 0 aliphatic carbocycles. The number of furan rings is 1. The zero-order valence-electron chi connectivity index (χ0n) is 16.1. The molecule has 0 saturated carbocycles. The van der Waals surface area contributed by atoms with Gasteiger partial charge in [-0.05, 0) is 37.8 Å². The molecule has 3 rings (SSSR count). The minimum Gasteiger partial charge on any atom is -0.464 e. The van der Waals surface area contributed by atoms with Crippen molar-refractivity contribution in [3.05, 3.63) is 23.7 Å². The molecule has 0 unspecified atom stereocenters. The number of hydrogen-bond acceptors (Lipinski definition) is 4. The van der Waals surface area contributed by atoms with Crippen molar-refractivity contribution < 1.29 is 13.9 Å². The van der Waals surface area contributed by atoms with Crippen molar-refractivity contribution >= 4 is 5.91 Å². The summed E-state index contributed by atoms with van der Waals surface area (Å²) in [6.07, 6.45) is 2.25. The van der Waals surface area contributed by atoms with E-state index in [1.165, 1.54) is 0 Å². The van der Waals surface area contributed by atoms with Crippen molar-refractivity contribution in [1.29, 1.82) is 0 Å². The number of likely N-dealkylation sites (tertiary alicyclic amines) is 1. The van der Waals surface area contributed by atoms with Gasteiger partial charge in [-0.2, -0.15) is 0 Å². The topological polar surface area (TPSA) is 45.9 Å². The number of amides is 1. The maximum absolute atomic E-state index is 12.4. The molecule has 2 aliphatic heterocycles. The molecule has 1 aromatic rings. The molecular formula is C20H32N2O3. The van der Waals surface area contributed by atoms with Gasteiger partial charge in [0.1, 0.15) is 17.6 Å². The summed E-state index contributed by atoms with van der Waals surface area (Å²) in [5.74, 6) is 2.83. The molecule has 2 saturated heterocycles. The van der Waals surface area contributed by atoms with Gasteiger partial charge < -0.3 is 14.1 Å². The van der Waals surface area contributed by atoms with E-state index in [1.807, 2.05) is 44.7 Å². The van der Waals surface area contributed by atoms with Gasteiger partial charge in [0.2, 0.25) is 5.91 Å². The van der Waals surface area contributed by atoms with Gasteiger partial charge in [-0.25, -0.2) is 0 Å². The Morgan fingerprint density at radius 3 is 2.52 bits per heavy atom. The van der Waals surface area contributed by atoms with Crippen LogP contribution >= 0.6 is 0 Å². The highest BCUT2D eigenvalue weighted by molar-refractivity contribution is 5.81. The van der Waals surface area contributed by atoms with Gasteiger partial charge in [0.25, 0.3) is 0 Å². The van der Waals surface area contributed by atoms with Crippen LogP contribution in [0, 0.1) is 18.3 Å². The first kappa shape index (κ1) is 18.5. The standard InChI is InChI=1S/C20H32N2O3/c1-15-5-6-17(25-15)18-14-21(11-12-24-18)13-16-7-9-22(10-8-16)19(23)20(2,3)4/h5-6,16,18H,7-14H2,1-4H3/t18-/m1/s1. The summed E-state index contributed by atoms with van der Waals surface area (Å²) in [7, 11) is 0. The summed E-state index contributed by atoms with van der Waals surface area (Å²) in [4.78, 5) is 17.0. The second-order valence-electron chi connectivity index (χ2n) is 8.55. The molecule has 3 heterocycles. The van der Waals surface area contributed by atoms with Crippen molar-refractivity contribution in [3.63, 3.8) is 0 Å². The van der Waals surface area contributed by atoms with Crippen LogP contribution in [0.4, 0.5) is 0 Å². The Bertz CT molecular complexity index is 582. The van der Waals surface area contributed by atoms with Gasteiger partial charge in [-0.1, -0.05) is 20.8 Å². The molecule has 5 heteroatoms. The SMILES string of the molecule is Cc1ccc([C@H]2CN(CC3CCN(C(=O)C(C)(C)C)CC3)CCO2)o1. The van der Waals surface area contributed by atoms with Crippen LogP contribution in [0.3, 0.4) is 0 Å². The lowest BCUT2D eigenvalue weighted by Gasteiger charge is -2.39. The number of carbonyl (C=O) groups excluding carboxylic acids is 1. The molecule has 0 radical (unpaired) electrons. The van der Waals surface area contributed by atoms with Gasteiger partial charge in [-0.15, -0.1) is 0 Å². The summed E-state index contributed by atoms with van der Waals surface area (Å²) < 4.78 is 11.6. The average Bonchev–Trinajstić information content (AvgIpc) is 3.01. The molecular weight excluding hydrogens is 316 g/mol. The highest BCUT2D eigenvalue weighted by atomic mass is 16.5. The van der Waals surface area contributed by atoms with E-state index >= 15 is 0 Å². The van der Waals surface area contributed by atoms with Crippen molar-refractivity contribution in [3.8, 4) is 0 Å². The first-order chi connectivity index (χ1) is 11.8. The summed E-state index contributed by atoms with van der Waals surface area (Å²) in [6, 6.07) is 4.03. The Balaban J connectivity index is 1.48. The van der Waals surface area contributed by atoms with E-state index in [0.717, 1.165) is 63.7 Å². The van der Waals surface area contributed by atoms with Crippen LogP contribution in [-0.2, 0) is 9.53 Å². The van der Waals surface area contributed by atoms with Gasteiger partial charge in [0.05, 0.1) is 6.61 Å². The number of aryl methyl sites for hydroxylation is 1. The predicted octanol–water partition coefficient (Wildman–Crippen LogP) is 3.25. The smallest absolute Gasteiger partial charge is 0.227 e. The largest absolute Gasteiger partial charge is 0.464 e. The molecule has 5 nitrogen and oxygen atoms in total. The number of rotatable bonds is 3. The van der Waals surface area contributed by atoms with Crippen LogP contribution < -0.4 is 0 Å². The van der Waals surface area contributed by atoms with Crippen molar-refractivity contribution in [2.45, 2.75) is 46.6 Å². The summed E-state index contributed by atoms with van der Waals surface area (Å²) >= 11 is 0. The Morgan fingerprint density at radius 1 is 1.20 bits per heavy atom. The first-order valence-electron chi connectivity index (χ1n) is 9.52. The van der Waals surface area contributed by atoms with Crippen molar-refractivity contribution in [1.82, 2.24) is 9.80 Å². The Morgan fingerprint density at radius 2 is 1.92 bits per heavy atom. The van der Waals surface area contributed by atoms with E-state index in [1.54, 1.807) is 0 Å². The molecule has 0 aromatic carbocycles. The Hall–Kier alpha value is -1.33. The van der Waals surface area contributed by atoms with Crippen LogP contribution in [0.2, 0.25) is 0 Å². The number of ether oxygens (including phenoxy) is 1. The van der Waals surface area contributed by atoms with Crippen LogP contribution in [0.25, 0.3) is 0 Å². The Labute approximate surface area is 151 Å². The van der Waals surface area contributed by atoms with Crippen LogP contribution in [0.15, 0.2) is 16.5 Å². The van der Waals surface area contributed by atoms with E-state index in [4.69, 9.17) is 9.15 Å². The molecule has 140 valence electrons. The summed E-state index contributed by atoms with van der Waals surface area (Å²) in [5, 5.41) is 0. The van der Waals surface area contributed by atoms with Crippen LogP contribution in [0.1, 0.15) is 51.2 Å². The quantitative estimate of drug-likeness (QED) is 0.841. The van der Waals surface area contributed by atoms with Gasteiger partial charge in [0.15, 0.2) is 0 Å². The number of carbonyl (C=O) groups is 1. The first-order valence-corrected chi connectivity index (χ1v) is 9.52. The lowest BCUT2D eigenvalue weighted by Crippen LogP contribution is -2.47. The maximum atomic E-state index is 12.4. The third kappa shape index (κ3) is 4.64. The normalized spacial score (nSPS) is 23.8. The molecule has 25 heavy (non-hydrogen) atoms. The molecule has 0 bridgehead atoms. The monoisotopic (exact) mass is 348 g/mol. The molecule has 1 aromatic heterocycles. The zero-order chi connectivity index (χ0) is 18.0. The third-order valence-electron chi connectivity index (χ3n) is 5.29. The van der Waals surface area contributed by atoms with Gasteiger partial charge in [-0.3, -0.25) is 9.69 Å². The molecule has 0 N–H and O–H groups in total. The predicted molar refractivity (Wildman–Crippen MR) is 97.3 cm³/mol. The van der Waals surface area contributed by atoms with Gasteiger partial charge >= 0.3 is 0 Å². The molecule has 1 atom stereocenters. The van der Waals surface area contributed by atoms with Crippen molar-refractivity contribution in [2.75, 3.05) is 39.3 Å². The summed E-state index contributed by atoms with van der Waals surface area (Å²) in [5.41, 5.74) is -0.272. The van der Waals surface area contributed by atoms with Crippen LogP contribution in [-0.4, -0.2) is 55.0 Å². The molecule has 2 aliphatic rings. The lowest BCUT2D eigenvalue weighted by atomic mass is 9.90. The van der Waals surface area contributed by atoms with Gasteiger partial charge in [0, 0.05) is 38.1 Å². The van der Waals surface area contributed by atoms with Crippen LogP contribution in [0.5, 0.6) is 0 Å². The second kappa shape index (κ2) is 7.50. The van der Waals surface area contributed by atoms with E-state index in [9.17, 15) is 4.79 Å². The highest BCUT2D eigenvalue weighted by Gasteiger charge is 2.32. The minimum atomic E-state index is -0.272. The fourth-order valence-corrected chi connectivity index (χ4v) is 3.83. The number of hydrogen-bond donors (Lipinski definition) is 0. The minimum absolute atomic E-state index is 0.0463. The lowest BCUT2D eigenvalue weighted by molar-refractivity contribution is -0.141. The fourth-order valence-electron chi connectivity index (χ4n) is 3.83. The van der Waals surface area contributed by atoms with Crippen molar-refractivity contribution in [2.24, 2.45) is 11.3 Å². The van der Waals surface area contributed by atoms with E-state index in [0.29, 0.717) is 5.92 Å². The van der Waals surface area contributed by atoms with E-state index < -0.39 is 0 Å². The molecule has 2 fully saturated rings. The second-order valence-corrected chi connectivity index (χ2v) is 8.55. The number of nitrogens with zero attached hydrogens (tertiary/aromatic N) is 2. The Kier molecular flexibility index (Phi) is 5.54. The zero-order valence-corrected chi connectivity index (χ0v) is 16.1. The molecule has 1 amide bonds. The van der Waals surface area contributed by atoms with E-state index in [-0.39, 0.29) is 17.4 Å². The molecule has 0 spiro atoms. The third-order valence-corrected chi connectivity index (χ3v) is 5.29.